The average molecular weight is 661 g/mol. The molecule has 13 heteroatoms. The van der Waals surface area contributed by atoms with E-state index in [2.05, 4.69) is 21.3 Å². The van der Waals surface area contributed by atoms with Crippen LogP contribution in [0.2, 0.25) is 5.02 Å². The fourth-order valence-corrected chi connectivity index (χ4v) is 6.18. The summed E-state index contributed by atoms with van der Waals surface area (Å²) < 4.78 is 37.3. The van der Waals surface area contributed by atoms with Crippen molar-refractivity contribution in [2.24, 2.45) is 11.8 Å². The van der Waals surface area contributed by atoms with Crippen LogP contribution in [0.4, 0.5) is 13.6 Å². The van der Waals surface area contributed by atoms with Crippen molar-refractivity contribution in [2.45, 2.75) is 76.0 Å². The molecule has 1 aliphatic heterocycles. The van der Waals surface area contributed by atoms with E-state index >= 15 is 8.78 Å². The number of likely N-dealkylation sites (N-methyl/N-ethyl adjacent to an activating group) is 1. The lowest BCUT2D eigenvalue weighted by molar-refractivity contribution is -0.141. The van der Waals surface area contributed by atoms with E-state index in [0.29, 0.717) is 13.0 Å². The predicted molar refractivity (Wildman–Crippen MR) is 166 cm³/mol. The molecular formula is C33H39ClF2N4O6. The van der Waals surface area contributed by atoms with Crippen LogP contribution in [0.15, 0.2) is 54.6 Å². The van der Waals surface area contributed by atoms with Crippen LogP contribution in [0.1, 0.15) is 69.1 Å². The monoisotopic (exact) mass is 660 g/mol. The fourth-order valence-electron chi connectivity index (χ4n) is 5.98. The Morgan fingerprint density at radius 3 is 2.33 bits per heavy atom. The highest BCUT2D eigenvalue weighted by Crippen LogP contribution is 2.43. The Hall–Kier alpha value is -4.06. The minimum absolute atomic E-state index is 0.0156. The standard InChI is InChI=1S/C33H39ClF2N4O6/c1-2-37-31(44)27(41)25(18-22-15-16-38-29(22)42)39-30(43)26(17-20-9-6-7-10-20)40-32(45)46-28(21-11-4-3-5-12-21)33(35,36)23-13-8-14-24(34)19-23/h3-5,8,11-14,19-20,22,25-26,28H,2,6-7,9-10,15-18H2,1H3,(H,37,44)(H,38,42)(H,39,43)(H,40,45)/t22-,25-,26-,28-/m0/s1. The molecule has 46 heavy (non-hydrogen) atoms. The highest BCUT2D eigenvalue weighted by Gasteiger charge is 2.46. The molecule has 4 amide bonds. The number of nitrogens with one attached hydrogen (secondary N) is 4. The number of ketones is 1. The van der Waals surface area contributed by atoms with Gasteiger partial charge in [0.2, 0.25) is 17.6 Å². The molecule has 2 aromatic carbocycles. The maximum atomic E-state index is 15.9. The summed E-state index contributed by atoms with van der Waals surface area (Å²) in [6, 6.07) is 9.95. The number of carbonyl (C=O) groups is 5. The van der Waals surface area contributed by atoms with Gasteiger partial charge in [0.1, 0.15) is 6.04 Å². The highest BCUT2D eigenvalue weighted by molar-refractivity contribution is 6.38. The Morgan fingerprint density at radius 2 is 1.70 bits per heavy atom. The zero-order chi connectivity index (χ0) is 33.3. The number of Topliss-reactive ketones (excluding diaryl/α,β-unsaturated/α-hetero) is 1. The zero-order valence-corrected chi connectivity index (χ0v) is 26.3. The van der Waals surface area contributed by atoms with Gasteiger partial charge < -0.3 is 26.0 Å². The summed E-state index contributed by atoms with van der Waals surface area (Å²) in [6.07, 6.45) is 0.578. The Bertz CT molecular complexity index is 1410. The normalized spacial score (nSPS) is 18.6. The van der Waals surface area contributed by atoms with Gasteiger partial charge in [0.05, 0.1) is 6.04 Å². The molecule has 248 valence electrons. The molecule has 4 atom stereocenters. The van der Waals surface area contributed by atoms with Gasteiger partial charge >= 0.3 is 12.0 Å². The summed E-state index contributed by atoms with van der Waals surface area (Å²) in [5.74, 6) is -7.19. The molecule has 10 nitrogen and oxygen atoms in total. The summed E-state index contributed by atoms with van der Waals surface area (Å²) in [5.41, 5.74) is -0.452. The number of hydrogen-bond acceptors (Lipinski definition) is 6. The third kappa shape index (κ3) is 9.02. The van der Waals surface area contributed by atoms with Gasteiger partial charge in [0, 0.05) is 29.6 Å². The summed E-state index contributed by atoms with van der Waals surface area (Å²) in [6.45, 7) is 2.21. The van der Waals surface area contributed by atoms with Crippen molar-refractivity contribution in [2.75, 3.05) is 13.1 Å². The minimum Gasteiger partial charge on any atom is -0.434 e. The summed E-state index contributed by atoms with van der Waals surface area (Å²) in [4.78, 5) is 64.8. The van der Waals surface area contributed by atoms with E-state index in [-0.39, 0.29) is 41.8 Å². The lowest BCUT2D eigenvalue weighted by Crippen LogP contribution is -2.55. The molecular weight excluding hydrogens is 622 g/mol. The van der Waals surface area contributed by atoms with Crippen LogP contribution in [0, 0.1) is 11.8 Å². The van der Waals surface area contributed by atoms with E-state index in [9.17, 15) is 24.0 Å². The van der Waals surface area contributed by atoms with Gasteiger partial charge in [0.15, 0.2) is 6.10 Å². The summed E-state index contributed by atoms with van der Waals surface area (Å²) in [7, 11) is 0. The lowest BCUT2D eigenvalue weighted by Gasteiger charge is -2.29. The predicted octanol–water partition coefficient (Wildman–Crippen LogP) is 4.56. The van der Waals surface area contributed by atoms with E-state index in [1.165, 1.54) is 42.5 Å². The Balaban J connectivity index is 1.57. The maximum Gasteiger partial charge on any atom is 0.408 e. The van der Waals surface area contributed by atoms with Gasteiger partial charge in [-0.25, -0.2) is 4.79 Å². The number of amides is 4. The lowest BCUT2D eigenvalue weighted by atomic mass is 9.94. The molecule has 0 radical (unpaired) electrons. The van der Waals surface area contributed by atoms with Crippen molar-refractivity contribution in [1.29, 1.82) is 0 Å². The first-order chi connectivity index (χ1) is 22.0. The van der Waals surface area contributed by atoms with Crippen LogP contribution in [0.5, 0.6) is 0 Å². The largest absolute Gasteiger partial charge is 0.434 e. The number of alkyl halides is 2. The van der Waals surface area contributed by atoms with Crippen molar-refractivity contribution in [3.05, 3.63) is 70.7 Å². The van der Waals surface area contributed by atoms with Crippen molar-refractivity contribution < 1.29 is 37.5 Å². The van der Waals surface area contributed by atoms with Crippen LogP contribution in [-0.4, -0.2) is 54.8 Å². The molecule has 0 spiro atoms. The third-order valence-corrected chi connectivity index (χ3v) is 8.63. The molecule has 0 aromatic heterocycles. The smallest absolute Gasteiger partial charge is 0.408 e. The van der Waals surface area contributed by atoms with Crippen LogP contribution in [0.25, 0.3) is 0 Å². The molecule has 1 aliphatic carbocycles. The third-order valence-electron chi connectivity index (χ3n) is 8.40. The van der Waals surface area contributed by atoms with Crippen LogP contribution < -0.4 is 21.3 Å². The van der Waals surface area contributed by atoms with Gasteiger partial charge in [-0.1, -0.05) is 79.7 Å². The Morgan fingerprint density at radius 1 is 0.978 bits per heavy atom. The highest BCUT2D eigenvalue weighted by atomic mass is 35.5. The molecule has 2 aliphatic rings. The Kier molecular flexibility index (Phi) is 12.1. The molecule has 2 fully saturated rings. The van der Waals surface area contributed by atoms with Crippen molar-refractivity contribution in [3.8, 4) is 0 Å². The van der Waals surface area contributed by atoms with Crippen LogP contribution in [-0.2, 0) is 29.8 Å². The molecule has 1 heterocycles. The molecule has 0 bridgehead atoms. The number of carbonyl (C=O) groups excluding carboxylic acids is 5. The minimum atomic E-state index is -3.71. The first-order valence-electron chi connectivity index (χ1n) is 15.6. The topological polar surface area (TPSA) is 143 Å². The van der Waals surface area contributed by atoms with Crippen molar-refractivity contribution in [3.63, 3.8) is 0 Å². The molecule has 0 unspecified atom stereocenters. The van der Waals surface area contributed by atoms with Gasteiger partial charge in [0.25, 0.3) is 5.91 Å². The molecule has 2 aromatic rings. The van der Waals surface area contributed by atoms with E-state index in [1.54, 1.807) is 13.0 Å². The van der Waals surface area contributed by atoms with Crippen LogP contribution >= 0.6 is 11.6 Å². The quantitative estimate of drug-likeness (QED) is 0.219. The van der Waals surface area contributed by atoms with Gasteiger partial charge in [-0.3, -0.25) is 19.2 Å². The van der Waals surface area contributed by atoms with Crippen molar-refractivity contribution >= 4 is 41.2 Å². The Labute approximate surface area is 271 Å². The number of halogens is 3. The van der Waals surface area contributed by atoms with E-state index in [0.717, 1.165) is 31.7 Å². The first kappa shape index (κ1) is 34.8. The second kappa shape index (κ2) is 16.0. The van der Waals surface area contributed by atoms with Crippen molar-refractivity contribution in [1.82, 2.24) is 21.3 Å². The molecule has 1 saturated heterocycles. The summed E-state index contributed by atoms with van der Waals surface area (Å²) in [5, 5.41) is 10.2. The number of benzene rings is 2. The van der Waals surface area contributed by atoms with E-state index in [1.807, 2.05) is 0 Å². The number of alkyl carbamates (subject to hydrolysis) is 1. The van der Waals surface area contributed by atoms with Gasteiger partial charge in [-0.2, -0.15) is 8.78 Å². The average Bonchev–Trinajstić information content (AvgIpc) is 3.70. The van der Waals surface area contributed by atoms with Gasteiger partial charge in [-0.05, 0) is 49.8 Å². The van der Waals surface area contributed by atoms with E-state index in [4.69, 9.17) is 16.3 Å². The number of rotatable bonds is 14. The summed E-state index contributed by atoms with van der Waals surface area (Å²) >= 11 is 5.99. The first-order valence-corrected chi connectivity index (χ1v) is 15.9. The molecule has 4 rings (SSSR count). The second-order valence-corrected chi connectivity index (χ2v) is 12.1. The van der Waals surface area contributed by atoms with E-state index < -0.39 is 59.3 Å². The maximum absolute atomic E-state index is 15.9. The SMILES string of the molecule is CCNC(=O)C(=O)[C@H](C[C@@H]1CCNC1=O)NC(=O)[C@H](CC1CCCC1)NC(=O)O[C@@H](c1ccccc1)C(F)(F)c1cccc(Cl)c1. The number of ether oxygens (including phenoxy) is 1. The van der Waals surface area contributed by atoms with Gasteiger partial charge in [-0.15, -0.1) is 0 Å². The number of hydrogen-bond donors (Lipinski definition) is 4. The fraction of sp³-hybridized carbons (Fsp3) is 0.485. The molecule has 1 saturated carbocycles. The zero-order valence-electron chi connectivity index (χ0n) is 25.5. The van der Waals surface area contributed by atoms with Crippen LogP contribution in [0.3, 0.4) is 0 Å². The molecule has 4 N–H and O–H groups in total. The second-order valence-electron chi connectivity index (χ2n) is 11.7.